The fourth-order valence-corrected chi connectivity index (χ4v) is 3.98. The molecule has 0 bridgehead atoms. The molecule has 2 aliphatic rings. The first kappa shape index (κ1) is 14.8. The monoisotopic (exact) mass is 266 g/mol. The molecule has 0 aromatic rings. The molecule has 0 aromatic heterocycles. The highest BCUT2D eigenvalue weighted by Crippen LogP contribution is 2.31. The first-order chi connectivity index (χ1) is 9.09. The van der Waals surface area contributed by atoms with Crippen molar-refractivity contribution in [1.29, 1.82) is 0 Å². The van der Waals surface area contributed by atoms with Crippen molar-refractivity contribution < 1.29 is 4.79 Å². The molecule has 2 saturated carbocycles. The zero-order valence-corrected chi connectivity index (χ0v) is 12.6. The number of rotatable bonds is 3. The summed E-state index contributed by atoms with van der Waals surface area (Å²) < 4.78 is 0. The van der Waals surface area contributed by atoms with Crippen LogP contribution in [0, 0.1) is 17.8 Å². The van der Waals surface area contributed by atoms with E-state index in [0.717, 1.165) is 25.3 Å². The van der Waals surface area contributed by atoms with Gasteiger partial charge in [-0.2, -0.15) is 0 Å². The highest BCUT2D eigenvalue weighted by atomic mass is 16.2. The van der Waals surface area contributed by atoms with Gasteiger partial charge in [0, 0.05) is 19.6 Å². The van der Waals surface area contributed by atoms with Crippen molar-refractivity contribution in [1.82, 2.24) is 4.90 Å². The lowest BCUT2D eigenvalue weighted by atomic mass is 9.76. The van der Waals surface area contributed by atoms with Crippen molar-refractivity contribution in [2.45, 2.75) is 64.3 Å². The second-order valence-corrected chi connectivity index (χ2v) is 6.82. The average Bonchev–Trinajstić information content (AvgIpc) is 2.39. The summed E-state index contributed by atoms with van der Waals surface area (Å²) >= 11 is 0. The first-order valence-corrected chi connectivity index (χ1v) is 8.10. The predicted octanol–water partition coefficient (Wildman–Crippen LogP) is 2.79. The molecule has 2 N–H and O–H groups in total. The SMILES string of the molecule is CC1CCCC(N)C1C(=O)N(C)CC1CCCCC1. The Hall–Kier alpha value is -0.570. The van der Waals surface area contributed by atoms with E-state index in [4.69, 9.17) is 5.73 Å². The molecular weight excluding hydrogens is 236 g/mol. The molecule has 2 rings (SSSR count). The summed E-state index contributed by atoms with van der Waals surface area (Å²) in [6.45, 7) is 3.13. The van der Waals surface area contributed by atoms with Crippen molar-refractivity contribution in [2.24, 2.45) is 23.5 Å². The van der Waals surface area contributed by atoms with Gasteiger partial charge < -0.3 is 10.6 Å². The van der Waals surface area contributed by atoms with Crippen molar-refractivity contribution >= 4 is 5.91 Å². The van der Waals surface area contributed by atoms with Crippen LogP contribution in [0.3, 0.4) is 0 Å². The standard InChI is InChI=1S/C16H30N2O/c1-12-7-6-10-14(17)15(12)16(19)18(2)11-13-8-4-3-5-9-13/h12-15H,3-11,17H2,1-2H3. The third-order valence-electron chi connectivity index (χ3n) is 5.19. The van der Waals surface area contributed by atoms with E-state index in [-0.39, 0.29) is 12.0 Å². The zero-order valence-electron chi connectivity index (χ0n) is 12.6. The lowest BCUT2D eigenvalue weighted by Crippen LogP contribution is -2.48. The van der Waals surface area contributed by atoms with Crippen LogP contribution in [0.1, 0.15) is 58.3 Å². The summed E-state index contributed by atoms with van der Waals surface area (Å²) in [6.07, 6.45) is 9.99. The minimum Gasteiger partial charge on any atom is -0.345 e. The van der Waals surface area contributed by atoms with Gasteiger partial charge in [-0.3, -0.25) is 4.79 Å². The molecule has 0 aliphatic heterocycles. The Morgan fingerprint density at radius 1 is 1.11 bits per heavy atom. The van der Waals surface area contributed by atoms with Crippen LogP contribution in [-0.4, -0.2) is 30.4 Å². The Bertz CT molecular complexity index is 289. The zero-order chi connectivity index (χ0) is 13.8. The minimum absolute atomic E-state index is 0.0577. The summed E-state index contributed by atoms with van der Waals surface area (Å²) in [7, 11) is 1.98. The van der Waals surface area contributed by atoms with Crippen molar-refractivity contribution in [3.05, 3.63) is 0 Å². The predicted molar refractivity (Wildman–Crippen MR) is 78.7 cm³/mol. The Kier molecular flexibility index (Phi) is 5.26. The van der Waals surface area contributed by atoms with E-state index in [0.29, 0.717) is 11.8 Å². The van der Waals surface area contributed by atoms with Crippen LogP contribution in [-0.2, 0) is 4.79 Å². The van der Waals surface area contributed by atoms with Crippen LogP contribution in [0.25, 0.3) is 0 Å². The number of carbonyl (C=O) groups excluding carboxylic acids is 1. The normalized spacial score (nSPS) is 33.1. The molecule has 19 heavy (non-hydrogen) atoms. The summed E-state index contributed by atoms with van der Waals surface area (Å²) in [6, 6.07) is 0.0741. The fourth-order valence-electron chi connectivity index (χ4n) is 3.98. The molecule has 2 aliphatic carbocycles. The summed E-state index contributed by atoms with van der Waals surface area (Å²) in [5, 5.41) is 0. The van der Waals surface area contributed by atoms with E-state index in [2.05, 4.69) is 6.92 Å². The maximum absolute atomic E-state index is 12.6. The van der Waals surface area contributed by atoms with Crippen LogP contribution < -0.4 is 5.73 Å². The number of nitrogens with two attached hydrogens (primary N) is 1. The van der Waals surface area contributed by atoms with Crippen LogP contribution >= 0.6 is 0 Å². The van der Waals surface area contributed by atoms with Gasteiger partial charge in [0.15, 0.2) is 0 Å². The topological polar surface area (TPSA) is 46.3 Å². The lowest BCUT2D eigenvalue weighted by Gasteiger charge is -2.37. The van der Waals surface area contributed by atoms with Gasteiger partial charge in [-0.15, -0.1) is 0 Å². The van der Waals surface area contributed by atoms with Crippen LogP contribution in [0.15, 0.2) is 0 Å². The average molecular weight is 266 g/mol. The molecule has 110 valence electrons. The molecule has 1 amide bonds. The maximum Gasteiger partial charge on any atom is 0.227 e. The van der Waals surface area contributed by atoms with E-state index in [1.807, 2.05) is 11.9 Å². The van der Waals surface area contributed by atoms with Gasteiger partial charge in [0.25, 0.3) is 0 Å². The maximum atomic E-state index is 12.6. The van der Waals surface area contributed by atoms with E-state index in [9.17, 15) is 4.79 Å². The molecule has 0 heterocycles. The van der Waals surface area contributed by atoms with E-state index >= 15 is 0 Å². The van der Waals surface area contributed by atoms with Crippen LogP contribution in [0.5, 0.6) is 0 Å². The third kappa shape index (κ3) is 3.71. The molecule has 0 spiro atoms. The first-order valence-electron chi connectivity index (χ1n) is 8.10. The van der Waals surface area contributed by atoms with Gasteiger partial charge >= 0.3 is 0 Å². The van der Waals surface area contributed by atoms with Crippen molar-refractivity contribution in [3.63, 3.8) is 0 Å². The van der Waals surface area contributed by atoms with Crippen LogP contribution in [0.2, 0.25) is 0 Å². The molecule has 3 unspecified atom stereocenters. The van der Waals surface area contributed by atoms with Crippen molar-refractivity contribution in [3.8, 4) is 0 Å². The lowest BCUT2D eigenvalue weighted by molar-refractivity contribution is -0.138. The summed E-state index contributed by atoms with van der Waals surface area (Å²) in [4.78, 5) is 14.6. The van der Waals surface area contributed by atoms with Gasteiger partial charge in [0.05, 0.1) is 5.92 Å². The fraction of sp³-hybridized carbons (Fsp3) is 0.938. The van der Waals surface area contributed by atoms with Gasteiger partial charge in [-0.25, -0.2) is 0 Å². The molecule has 0 radical (unpaired) electrons. The summed E-state index contributed by atoms with van der Waals surface area (Å²) in [5.74, 6) is 1.52. The molecule has 3 nitrogen and oxygen atoms in total. The number of nitrogens with zero attached hydrogens (tertiary/aromatic N) is 1. The smallest absolute Gasteiger partial charge is 0.227 e. The number of amides is 1. The van der Waals surface area contributed by atoms with E-state index in [1.165, 1.54) is 38.5 Å². The summed E-state index contributed by atoms with van der Waals surface area (Å²) in [5.41, 5.74) is 6.19. The Morgan fingerprint density at radius 3 is 2.42 bits per heavy atom. The molecule has 2 fully saturated rings. The van der Waals surface area contributed by atoms with E-state index in [1.54, 1.807) is 0 Å². The molecule has 0 saturated heterocycles. The molecular formula is C16H30N2O. The third-order valence-corrected chi connectivity index (χ3v) is 5.19. The van der Waals surface area contributed by atoms with Crippen LogP contribution in [0.4, 0.5) is 0 Å². The Balaban J connectivity index is 1.89. The number of hydrogen-bond donors (Lipinski definition) is 1. The Morgan fingerprint density at radius 2 is 1.79 bits per heavy atom. The second kappa shape index (κ2) is 6.74. The second-order valence-electron chi connectivity index (χ2n) is 6.82. The number of hydrogen-bond acceptors (Lipinski definition) is 2. The quantitative estimate of drug-likeness (QED) is 0.854. The largest absolute Gasteiger partial charge is 0.345 e. The van der Waals surface area contributed by atoms with Gasteiger partial charge in [0.1, 0.15) is 0 Å². The van der Waals surface area contributed by atoms with Gasteiger partial charge in [-0.05, 0) is 37.5 Å². The van der Waals surface area contributed by atoms with Gasteiger partial charge in [-0.1, -0.05) is 32.6 Å². The molecule has 3 atom stereocenters. The highest BCUT2D eigenvalue weighted by molar-refractivity contribution is 5.79. The highest BCUT2D eigenvalue weighted by Gasteiger charge is 2.35. The minimum atomic E-state index is 0.0577. The van der Waals surface area contributed by atoms with Gasteiger partial charge in [0.2, 0.25) is 5.91 Å². The van der Waals surface area contributed by atoms with Crippen molar-refractivity contribution in [2.75, 3.05) is 13.6 Å². The molecule has 0 aromatic carbocycles. The number of carbonyl (C=O) groups is 1. The Labute approximate surface area is 117 Å². The molecule has 3 heteroatoms. The van der Waals surface area contributed by atoms with E-state index < -0.39 is 0 Å².